The first-order chi connectivity index (χ1) is 10.6. The fourth-order valence-corrected chi connectivity index (χ4v) is 1.89. The predicted molar refractivity (Wildman–Crippen MR) is 87.7 cm³/mol. The van der Waals surface area contributed by atoms with Crippen molar-refractivity contribution in [3.8, 4) is 0 Å². The van der Waals surface area contributed by atoms with E-state index in [1.54, 1.807) is 12.1 Å². The first kappa shape index (κ1) is 16.2. The van der Waals surface area contributed by atoms with Crippen molar-refractivity contribution < 1.29 is 4.79 Å². The molecule has 1 aromatic heterocycles. The first-order valence-corrected chi connectivity index (χ1v) is 7.21. The fraction of sp³-hybridized carbons (Fsp3) is 0.267. The molecule has 7 heteroatoms. The highest BCUT2D eigenvalue weighted by atomic mass is 35.5. The van der Waals surface area contributed by atoms with Gasteiger partial charge < -0.3 is 15.5 Å². The number of anilines is 2. The van der Waals surface area contributed by atoms with Gasteiger partial charge in [-0.2, -0.15) is 0 Å². The van der Waals surface area contributed by atoms with E-state index >= 15 is 0 Å². The Kier molecular flexibility index (Phi) is 5.68. The monoisotopic (exact) mass is 319 g/mol. The molecule has 2 aromatic rings. The van der Waals surface area contributed by atoms with E-state index in [-0.39, 0.29) is 5.91 Å². The second kappa shape index (κ2) is 7.72. The Labute approximate surface area is 134 Å². The zero-order valence-electron chi connectivity index (χ0n) is 12.5. The van der Waals surface area contributed by atoms with Crippen molar-refractivity contribution in [3.63, 3.8) is 0 Å². The minimum atomic E-state index is -0.230. The maximum absolute atomic E-state index is 12.0. The molecule has 1 heterocycles. The molecule has 22 heavy (non-hydrogen) atoms. The number of amides is 1. The quantitative estimate of drug-likeness (QED) is 0.854. The van der Waals surface area contributed by atoms with Gasteiger partial charge in [-0.3, -0.25) is 4.79 Å². The van der Waals surface area contributed by atoms with Gasteiger partial charge >= 0.3 is 0 Å². The average molecular weight is 320 g/mol. The highest BCUT2D eigenvalue weighted by Crippen LogP contribution is 2.22. The van der Waals surface area contributed by atoms with Gasteiger partial charge in [-0.25, -0.2) is 9.97 Å². The number of carbonyl (C=O) groups is 1. The fourth-order valence-electron chi connectivity index (χ4n) is 1.71. The molecular formula is C15H18ClN5O. The molecule has 2 N–H and O–H groups in total. The van der Waals surface area contributed by atoms with Crippen LogP contribution in [0.2, 0.25) is 5.02 Å². The van der Waals surface area contributed by atoms with Crippen molar-refractivity contribution >= 4 is 29.1 Å². The minimum absolute atomic E-state index is 0.230. The van der Waals surface area contributed by atoms with E-state index < -0.39 is 0 Å². The van der Waals surface area contributed by atoms with Crippen molar-refractivity contribution in [2.45, 2.75) is 0 Å². The largest absolute Gasteiger partial charge is 0.349 e. The van der Waals surface area contributed by atoms with E-state index in [1.807, 2.05) is 37.2 Å². The summed E-state index contributed by atoms with van der Waals surface area (Å²) >= 11 is 6.07. The van der Waals surface area contributed by atoms with Gasteiger partial charge in [0.25, 0.3) is 5.91 Å². The molecule has 0 aliphatic carbocycles. The van der Waals surface area contributed by atoms with Crippen LogP contribution in [0.1, 0.15) is 10.5 Å². The third kappa shape index (κ3) is 4.68. The number of halogens is 1. The average Bonchev–Trinajstić information content (AvgIpc) is 2.49. The second-order valence-electron chi connectivity index (χ2n) is 4.93. The molecule has 0 radical (unpaired) electrons. The summed E-state index contributed by atoms with van der Waals surface area (Å²) in [6, 6.07) is 8.84. The van der Waals surface area contributed by atoms with Gasteiger partial charge in [0.2, 0.25) is 5.95 Å². The van der Waals surface area contributed by atoms with Crippen molar-refractivity contribution in [2.75, 3.05) is 32.5 Å². The molecule has 0 aliphatic rings. The highest BCUT2D eigenvalue weighted by Gasteiger charge is 2.09. The van der Waals surface area contributed by atoms with Crippen molar-refractivity contribution in [2.24, 2.45) is 0 Å². The molecule has 1 aromatic carbocycles. The van der Waals surface area contributed by atoms with E-state index in [0.717, 1.165) is 6.54 Å². The first-order valence-electron chi connectivity index (χ1n) is 6.84. The molecule has 6 nitrogen and oxygen atoms in total. The number of aromatic nitrogens is 2. The van der Waals surface area contributed by atoms with Crippen LogP contribution in [0.25, 0.3) is 0 Å². The summed E-state index contributed by atoms with van der Waals surface area (Å²) in [6.45, 7) is 1.32. The number of likely N-dealkylation sites (N-methyl/N-ethyl adjacent to an activating group) is 1. The van der Waals surface area contributed by atoms with Crippen LogP contribution in [-0.2, 0) is 0 Å². The van der Waals surface area contributed by atoms with E-state index in [1.165, 1.54) is 6.20 Å². The maximum atomic E-state index is 12.0. The number of hydrogen-bond donors (Lipinski definition) is 2. The van der Waals surface area contributed by atoms with E-state index in [0.29, 0.717) is 28.9 Å². The standard InChI is InChI=1S/C15H18ClN5O/c1-21(2)10-9-17-14(22)13-7-8-18-15(20-13)19-12-6-4-3-5-11(12)16/h3-8H,9-10H2,1-2H3,(H,17,22)(H,18,19,20). The molecular weight excluding hydrogens is 302 g/mol. The molecule has 2 rings (SSSR count). The molecule has 1 amide bonds. The minimum Gasteiger partial charge on any atom is -0.349 e. The van der Waals surface area contributed by atoms with Gasteiger partial charge in [0.1, 0.15) is 5.69 Å². The summed E-state index contributed by atoms with van der Waals surface area (Å²) in [6.07, 6.45) is 1.53. The van der Waals surface area contributed by atoms with Crippen LogP contribution in [0.3, 0.4) is 0 Å². The van der Waals surface area contributed by atoms with Gasteiger partial charge in [0.05, 0.1) is 10.7 Å². The van der Waals surface area contributed by atoms with Crippen LogP contribution in [0.5, 0.6) is 0 Å². The summed E-state index contributed by atoms with van der Waals surface area (Å²) in [4.78, 5) is 22.3. The van der Waals surface area contributed by atoms with Gasteiger partial charge in [-0.15, -0.1) is 0 Å². The Morgan fingerprint density at radius 1 is 1.27 bits per heavy atom. The third-order valence-corrected chi connectivity index (χ3v) is 3.18. The molecule has 0 fully saturated rings. The number of hydrogen-bond acceptors (Lipinski definition) is 5. The van der Waals surface area contributed by atoms with Crippen LogP contribution in [0.4, 0.5) is 11.6 Å². The molecule has 0 aliphatic heterocycles. The predicted octanol–water partition coefficient (Wildman–Crippen LogP) is 2.16. The smallest absolute Gasteiger partial charge is 0.270 e. The summed E-state index contributed by atoms with van der Waals surface area (Å²) < 4.78 is 0. The number of nitrogens with one attached hydrogen (secondary N) is 2. The Hall–Kier alpha value is -2.18. The van der Waals surface area contributed by atoms with Crippen molar-refractivity contribution in [1.29, 1.82) is 0 Å². The normalized spacial score (nSPS) is 10.5. The van der Waals surface area contributed by atoms with Gasteiger partial charge in [0.15, 0.2) is 0 Å². The molecule has 0 unspecified atom stereocenters. The summed E-state index contributed by atoms with van der Waals surface area (Å²) in [7, 11) is 3.89. The Morgan fingerprint density at radius 3 is 2.77 bits per heavy atom. The zero-order valence-corrected chi connectivity index (χ0v) is 13.3. The highest BCUT2D eigenvalue weighted by molar-refractivity contribution is 6.33. The van der Waals surface area contributed by atoms with Crippen LogP contribution in [0.15, 0.2) is 36.5 Å². The van der Waals surface area contributed by atoms with Crippen LogP contribution >= 0.6 is 11.6 Å². The topological polar surface area (TPSA) is 70.2 Å². The van der Waals surface area contributed by atoms with E-state index in [9.17, 15) is 4.79 Å². The maximum Gasteiger partial charge on any atom is 0.270 e. The van der Waals surface area contributed by atoms with Gasteiger partial charge in [-0.05, 0) is 32.3 Å². The van der Waals surface area contributed by atoms with Crippen LogP contribution in [-0.4, -0.2) is 48.0 Å². The molecule has 0 spiro atoms. The lowest BCUT2D eigenvalue weighted by atomic mass is 10.3. The number of rotatable bonds is 6. The lowest BCUT2D eigenvalue weighted by Gasteiger charge is -2.11. The summed E-state index contributed by atoms with van der Waals surface area (Å²) in [5.74, 6) is 0.0971. The molecule has 116 valence electrons. The summed E-state index contributed by atoms with van der Waals surface area (Å²) in [5, 5.41) is 6.37. The zero-order chi connectivity index (χ0) is 15.9. The lowest BCUT2D eigenvalue weighted by Crippen LogP contribution is -2.31. The SMILES string of the molecule is CN(C)CCNC(=O)c1ccnc(Nc2ccccc2Cl)n1. The molecule has 0 atom stereocenters. The Bertz CT molecular complexity index is 647. The molecule has 0 saturated carbocycles. The van der Waals surface area contributed by atoms with Gasteiger partial charge in [-0.1, -0.05) is 23.7 Å². The van der Waals surface area contributed by atoms with Crippen LogP contribution in [0, 0.1) is 0 Å². The third-order valence-electron chi connectivity index (χ3n) is 2.85. The number of carbonyl (C=O) groups excluding carboxylic acids is 1. The lowest BCUT2D eigenvalue weighted by molar-refractivity contribution is 0.0946. The summed E-state index contributed by atoms with van der Waals surface area (Å²) in [5.41, 5.74) is 0.998. The van der Waals surface area contributed by atoms with Gasteiger partial charge in [0, 0.05) is 19.3 Å². The van der Waals surface area contributed by atoms with Crippen molar-refractivity contribution in [3.05, 3.63) is 47.2 Å². The number of benzene rings is 1. The van der Waals surface area contributed by atoms with Crippen molar-refractivity contribution in [1.82, 2.24) is 20.2 Å². The Morgan fingerprint density at radius 2 is 2.05 bits per heavy atom. The molecule has 0 saturated heterocycles. The number of para-hydroxylation sites is 1. The molecule has 0 bridgehead atoms. The van der Waals surface area contributed by atoms with Crippen LogP contribution < -0.4 is 10.6 Å². The van der Waals surface area contributed by atoms with E-state index in [2.05, 4.69) is 20.6 Å². The second-order valence-corrected chi connectivity index (χ2v) is 5.34. The Balaban J connectivity index is 2.03. The van der Waals surface area contributed by atoms with E-state index in [4.69, 9.17) is 11.6 Å². The number of nitrogens with zero attached hydrogens (tertiary/aromatic N) is 3.